The Bertz CT molecular complexity index is 1340. The molecule has 9 heteroatoms. The Labute approximate surface area is 179 Å². The molecule has 0 bridgehead atoms. The second kappa shape index (κ2) is 8.95. The van der Waals surface area contributed by atoms with Gasteiger partial charge < -0.3 is 5.32 Å². The predicted octanol–water partition coefficient (Wildman–Crippen LogP) is 1.64. The first-order chi connectivity index (χ1) is 14.7. The summed E-state index contributed by atoms with van der Waals surface area (Å²) in [5.41, 5.74) is 1.86. The number of hydrogen-bond acceptors (Lipinski definition) is 5. The van der Waals surface area contributed by atoms with Crippen molar-refractivity contribution in [2.75, 3.05) is 6.54 Å². The van der Waals surface area contributed by atoms with Crippen molar-refractivity contribution in [2.45, 2.75) is 18.2 Å². The van der Waals surface area contributed by atoms with Crippen LogP contribution in [0.4, 0.5) is 0 Å². The average molecular weight is 436 g/mol. The molecule has 31 heavy (non-hydrogen) atoms. The first kappa shape index (κ1) is 22.0. The van der Waals surface area contributed by atoms with Crippen LogP contribution < -0.4 is 16.0 Å². The fourth-order valence-electron chi connectivity index (χ4n) is 3.10. The zero-order valence-corrected chi connectivity index (χ0v) is 17.5. The van der Waals surface area contributed by atoms with Gasteiger partial charge in [0.2, 0.25) is 10.0 Å². The van der Waals surface area contributed by atoms with E-state index in [-0.39, 0.29) is 17.0 Å². The van der Waals surface area contributed by atoms with Crippen molar-refractivity contribution in [2.24, 2.45) is 5.14 Å². The highest BCUT2D eigenvalue weighted by Gasteiger charge is 2.15. The zero-order chi connectivity index (χ0) is 22.6. The van der Waals surface area contributed by atoms with Gasteiger partial charge in [0.25, 0.3) is 11.5 Å². The molecule has 158 valence electrons. The third kappa shape index (κ3) is 5.06. The van der Waals surface area contributed by atoms with E-state index in [1.807, 2.05) is 6.07 Å². The Morgan fingerprint density at radius 1 is 1.13 bits per heavy atom. The van der Waals surface area contributed by atoms with Crippen LogP contribution in [0.5, 0.6) is 0 Å². The molecule has 2 aromatic carbocycles. The number of hydrogen-bond donors (Lipinski definition) is 2. The van der Waals surface area contributed by atoms with Gasteiger partial charge in [-0.2, -0.15) is 5.26 Å². The number of benzene rings is 2. The molecule has 3 N–H and O–H groups in total. The van der Waals surface area contributed by atoms with Gasteiger partial charge in [0.1, 0.15) is 5.56 Å². The smallest absolute Gasteiger partial charge is 0.268 e. The van der Waals surface area contributed by atoms with Crippen molar-refractivity contribution in [3.05, 3.63) is 93.4 Å². The van der Waals surface area contributed by atoms with Crippen LogP contribution in [0, 0.1) is 18.3 Å². The number of carbonyl (C=O) groups excluding carboxylic acids is 1. The fourth-order valence-corrected chi connectivity index (χ4v) is 3.62. The molecule has 0 unspecified atom stereocenters. The van der Waals surface area contributed by atoms with Crippen molar-refractivity contribution >= 4 is 15.9 Å². The van der Waals surface area contributed by atoms with Crippen LogP contribution >= 0.6 is 0 Å². The van der Waals surface area contributed by atoms with Crippen LogP contribution in [0.25, 0.3) is 5.69 Å². The third-order valence-corrected chi connectivity index (χ3v) is 5.64. The van der Waals surface area contributed by atoms with Gasteiger partial charge in [-0.15, -0.1) is 0 Å². The highest BCUT2D eigenvalue weighted by molar-refractivity contribution is 7.89. The first-order valence-electron chi connectivity index (χ1n) is 9.34. The van der Waals surface area contributed by atoms with Crippen LogP contribution in [0.1, 0.15) is 27.2 Å². The lowest BCUT2D eigenvalue weighted by Crippen LogP contribution is -2.34. The highest BCUT2D eigenvalue weighted by atomic mass is 32.2. The summed E-state index contributed by atoms with van der Waals surface area (Å²) in [6, 6.07) is 17.8. The number of sulfonamides is 1. The Morgan fingerprint density at radius 2 is 1.84 bits per heavy atom. The summed E-state index contributed by atoms with van der Waals surface area (Å²) < 4.78 is 24.0. The standard InChI is InChI=1S/C22H20N4O4S/c1-15-5-10-20(22(28)26(15)18-4-2-3-17(13-18)14-23)21(27)25-12-11-16-6-8-19(9-7-16)31(24,29)30/h2-10,13H,11-12H2,1H3,(H,25,27)(H2,24,29,30). The summed E-state index contributed by atoms with van der Waals surface area (Å²) in [6.45, 7) is 2.00. The normalized spacial score (nSPS) is 11.0. The van der Waals surface area contributed by atoms with Crippen LogP contribution in [-0.4, -0.2) is 25.4 Å². The molecule has 0 aliphatic carbocycles. The Kier molecular flexibility index (Phi) is 6.34. The van der Waals surface area contributed by atoms with Crippen molar-refractivity contribution in [1.82, 2.24) is 9.88 Å². The Balaban J connectivity index is 1.75. The number of nitrogens with zero attached hydrogens (tertiary/aromatic N) is 2. The number of aromatic nitrogens is 1. The van der Waals surface area contributed by atoms with E-state index in [4.69, 9.17) is 10.4 Å². The molecule has 0 aliphatic heterocycles. The maximum Gasteiger partial charge on any atom is 0.268 e. The van der Waals surface area contributed by atoms with Gasteiger partial charge >= 0.3 is 0 Å². The van der Waals surface area contributed by atoms with E-state index < -0.39 is 21.5 Å². The lowest BCUT2D eigenvalue weighted by molar-refractivity contribution is 0.0952. The average Bonchev–Trinajstić information content (AvgIpc) is 2.73. The number of pyridine rings is 1. The number of amides is 1. The summed E-state index contributed by atoms with van der Waals surface area (Å²) in [6.07, 6.45) is 0.445. The van der Waals surface area contributed by atoms with Crippen molar-refractivity contribution in [3.8, 4) is 11.8 Å². The van der Waals surface area contributed by atoms with Crippen LogP contribution in [0.15, 0.2) is 70.4 Å². The van der Waals surface area contributed by atoms with E-state index in [1.54, 1.807) is 49.4 Å². The van der Waals surface area contributed by atoms with Gasteiger partial charge in [-0.3, -0.25) is 14.2 Å². The van der Waals surface area contributed by atoms with Crippen LogP contribution in [-0.2, 0) is 16.4 Å². The Hall–Kier alpha value is -3.74. The third-order valence-electron chi connectivity index (χ3n) is 4.71. The largest absolute Gasteiger partial charge is 0.352 e. The summed E-state index contributed by atoms with van der Waals surface area (Å²) in [4.78, 5) is 25.5. The zero-order valence-electron chi connectivity index (χ0n) is 16.7. The number of rotatable bonds is 6. The number of primary sulfonamides is 1. The number of nitrogens with two attached hydrogens (primary N) is 1. The quantitative estimate of drug-likeness (QED) is 0.606. The highest BCUT2D eigenvalue weighted by Crippen LogP contribution is 2.12. The minimum atomic E-state index is -3.75. The summed E-state index contributed by atoms with van der Waals surface area (Å²) in [7, 11) is -3.75. The molecular weight excluding hydrogens is 416 g/mol. The molecular formula is C22H20N4O4S. The molecule has 8 nitrogen and oxygen atoms in total. The van der Waals surface area contributed by atoms with E-state index >= 15 is 0 Å². The van der Waals surface area contributed by atoms with Crippen LogP contribution in [0.3, 0.4) is 0 Å². The van der Waals surface area contributed by atoms with Gasteiger partial charge in [0, 0.05) is 12.2 Å². The topological polar surface area (TPSA) is 135 Å². The monoisotopic (exact) mass is 436 g/mol. The molecule has 0 radical (unpaired) electrons. The van der Waals surface area contributed by atoms with E-state index in [0.717, 1.165) is 5.56 Å². The molecule has 1 aromatic heterocycles. The number of aryl methyl sites for hydroxylation is 1. The molecule has 0 atom stereocenters. The second-order valence-corrected chi connectivity index (χ2v) is 8.45. The maximum atomic E-state index is 12.9. The molecule has 0 saturated carbocycles. The van der Waals surface area contributed by atoms with Crippen molar-refractivity contribution in [1.29, 1.82) is 5.26 Å². The number of nitriles is 1. The number of carbonyl (C=O) groups is 1. The SMILES string of the molecule is Cc1ccc(C(=O)NCCc2ccc(S(N)(=O)=O)cc2)c(=O)n1-c1cccc(C#N)c1. The molecule has 0 saturated heterocycles. The van der Waals surface area contributed by atoms with Crippen molar-refractivity contribution < 1.29 is 13.2 Å². The van der Waals surface area contributed by atoms with Gasteiger partial charge in [-0.1, -0.05) is 18.2 Å². The van der Waals surface area contributed by atoms with Crippen LogP contribution in [0.2, 0.25) is 0 Å². The summed E-state index contributed by atoms with van der Waals surface area (Å²) >= 11 is 0. The molecule has 0 spiro atoms. The summed E-state index contributed by atoms with van der Waals surface area (Å²) in [5, 5.41) is 16.9. The predicted molar refractivity (Wildman–Crippen MR) is 115 cm³/mol. The molecule has 0 aliphatic rings. The van der Waals surface area contributed by atoms with E-state index in [9.17, 15) is 18.0 Å². The Morgan fingerprint density at radius 3 is 2.48 bits per heavy atom. The minimum absolute atomic E-state index is 0.0148. The van der Waals surface area contributed by atoms with E-state index in [0.29, 0.717) is 23.4 Å². The fraction of sp³-hybridized carbons (Fsp3) is 0.136. The maximum absolute atomic E-state index is 12.9. The van der Waals surface area contributed by atoms with Gasteiger partial charge in [0.05, 0.1) is 22.2 Å². The number of nitrogens with one attached hydrogen (secondary N) is 1. The van der Waals surface area contributed by atoms with E-state index in [1.165, 1.54) is 22.8 Å². The lowest BCUT2D eigenvalue weighted by atomic mass is 10.1. The second-order valence-electron chi connectivity index (χ2n) is 6.89. The van der Waals surface area contributed by atoms with Gasteiger partial charge in [0.15, 0.2) is 0 Å². The summed E-state index contributed by atoms with van der Waals surface area (Å²) in [5.74, 6) is -0.517. The van der Waals surface area contributed by atoms with Gasteiger partial charge in [-0.25, -0.2) is 13.6 Å². The molecule has 3 rings (SSSR count). The lowest BCUT2D eigenvalue weighted by Gasteiger charge is -2.12. The molecule has 1 amide bonds. The minimum Gasteiger partial charge on any atom is -0.352 e. The molecule has 1 heterocycles. The van der Waals surface area contributed by atoms with Gasteiger partial charge in [-0.05, 0) is 61.4 Å². The van der Waals surface area contributed by atoms with Crippen molar-refractivity contribution in [3.63, 3.8) is 0 Å². The molecule has 3 aromatic rings. The molecule has 0 fully saturated rings. The van der Waals surface area contributed by atoms with E-state index in [2.05, 4.69) is 5.32 Å². The first-order valence-corrected chi connectivity index (χ1v) is 10.9.